The van der Waals surface area contributed by atoms with E-state index in [1.807, 2.05) is 32.9 Å². The van der Waals surface area contributed by atoms with Crippen LogP contribution in [0.15, 0.2) is 60.7 Å². The summed E-state index contributed by atoms with van der Waals surface area (Å²) < 4.78 is 0. The van der Waals surface area contributed by atoms with Crippen LogP contribution in [0.2, 0.25) is 0 Å². The smallest absolute Gasteiger partial charge is 0.224 e. The number of carbonyl (C=O) groups is 1. The molecule has 0 radical (unpaired) electrons. The predicted molar refractivity (Wildman–Crippen MR) is 89.8 cm³/mol. The minimum atomic E-state index is -0.192. The van der Waals surface area contributed by atoms with Crippen LogP contribution in [0, 0.1) is 5.92 Å². The van der Waals surface area contributed by atoms with Crippen LogP contribution in [0.1, 0.15) is 43.7 Å². The first kappa shape index (κ1) is 14.8. The molecule has 1 aliphatic rings. The van der Waals surface area contributed by atoms with Crippen LogP contribution in [0.3, 0.4) is 0 Å². The second kappa shape index (κ2) is 5.60. The van der Waals surface area contributed by atoms with E-state index < -0.39 is 0 Å². The molecule has 1 aliphatic carbocycles. The van der Waals surface area contributed by atoms with E-state index in [-0.39, 0.29) is 29.2 Å². The van der Waals surface area contributed by atoms with Gasteiger partial charge in [-0.25, -0.2) is 0 Å². The summed E-state index contributed by atoms with van der Waals surface area (Å²) in [6.07, 6.45) is 0. The highest BCUT2D eigenvalue weighted by atomic mass is 16.2. The lowest BCUT2D eigenvalue weighted by molar-refractivity contribution is -0.123. The first-order chi connectivity index (χ1) is 10.5. The van der Waals surface area contributed by atoms with Crippen molar-refractivity contribution in [2.45, 2.75) is 38.1 Å². The van der Waals surface area contributed by atoms with Crippen LogP contribution in [0.5, 0.6) is 0 Å². The number of hydrogen-bond donors (Lipinski definition) is 1. The Morgan fingerprint density at radius 1 is 0.818 bits per heavy atom. The third-order valence-corrected chi connectivity index (χ3v) is 4.19. The molecule has 2 aromatic carbocycles. The quantitative estimate of drug-likeness (QED) is 0.907. The highest BCUT2D eigenvalue weighted by Crippen LogP contribution is 2.60. The Bertz CT molecular complexity index is 597. The molecule has 1 fully saturated rings. The molecule has 1 amide bonds. The van der Waals surface area contributed by atoms with Crippen LogP contribution in [-0.2, 0) is 4.79 Å². The third kappa shape index (κ3) is 3.06. The highest BCUT2D eigenvalue weighted by Gasteiger charge is 2.56. The van der Waals surface area contributed by atoms with Gasteiger partial charge in [0.15, 0.2) is 0 Å². The second-order valence-electron chi connectivity index (χ2n) is 7.14. The Morgan fingerprint density at radius 3 is 1.59 bits per heavy atom. The molecule has 22 heavy (non-hydrogen) atoms. The summed E-state index contributed by atoms with van der Waals surface area (Å²) in [6, 6.07) is 20.8. The van der Waals surface area contributed by atoms with Crippen molar-refractivity contribution in [2.24, 2.45) is 5.92 Å². The molecule has 0 saturated heterocycles. The van der Waals surface area contributed by atoms with Crippen molar-refractivity contribution < 1.29 is 4.79 Å². The summed E-state index contributed by atoms with van der Waals surface area (Å²) in [5.41, 5.74) is 2.32. The van der Waals surface area contributed by atoms with Gasteiger partial charge in [0.1, 0.15) is 0 Å². The largest absolute Gasteiger partial charge is 0.351 e. The lowest BCUT2D eigenvalue weighted by Gasteiger charge is -2.20. The van der Waals surface area contributed by atoms with Gasteiger partial charge in [0.05, 0.1) is 5.92 Å². The number of carbonyl (C=O) groups excluding carboxylic acids is 1. The Hall–Kier alpha value is -2.09. The Morgan fingerprint density at radius 2 is 1.23 bits per heavy atom. The van der Waals surface area contributed by atoms with E-state index >= 15 is 0 Å². The molecule has 0 bridgehead atoms. The molecule has 2 heteroatoms. The Balaban J connectivity index is 1.88. The molecule has 2 unspecified atom stereocenters. The maximum absolute atomic E-state index is 12.7. The minimum Gasteiger partial charge on any atom is -0.351 e. The Kier molecular flexibility index (Phi) is 3.78. The van der Waals surface area contributed by atoms with Crippen molar-refractivity contribution in [3.63, 3.8) is 0 Å². The molecule has 2 atom stereocenters. The molecular weight excluding hydrogens is 270 g/mol. The predicted octanol–water partition coefficient (Wildman–Crippen LogP) is 4.10. The first-order valence-corrected chi connectivity index (χ1v) is 7.89. The van der Waals surface area contributed by atoms with Gasteiger partial charge in [-0.2, -0.15) is 0 Å². The fourth-order valence-corrected chi connectivity index (χ4v) is 3.27. The monoisotopic (exact) mass is 293 g/mol. The highest BCUT2D eigenvalue weighted by molar-refractivity contribution is 5.85. The summed E-state index contributed by atoms with van der Waals surface area (Å²) in [4.78, 5) is 12.7. The topological polar surface area (TPSA) is 29.1 Å². The molecule has 0 heterocycles. The van der Waals surface area contributed by atoms with Gasteiger partial charge in [-0.15, -0.1) is 0 Å². The maximum atomic E-state index is 12.7. The minimum absolute atomic E-state index is 0.0315. The van der Waals surface area contributed by atoms with Crippen molar-refractivity contribution in [2.75, 3.05) is 0 Å². The van der Waals surface area contributed by atoms with Gasteiger partial charge >= 0.3 is 0 Å². The van der Waals surface area contributed by atoms with Gasteiger partial charge in [-0.3, -0.25) is 4.79 Å². The van der Waals surface area contributed by atoms with Gasteiger partial charge in [0.2, 0.25) is 5.91 Å². The molecule has 1 N–H and O–H groups in total. The van der Waals surface area contributed by atoms with Crippen molar-refractivity contribution in [3.8, 4) is 0 Å². The summed E-state index contributed by atoms with van der Waals surface area (Å²) in [5, 5.41) is 3.14. The molecule has 2 aromatic rings. The van der Waals surface area contributed by atoms with Crippen molar-refractivity contribution in [1.82, 2.24) is 5.32 Å². The number of rotatable bonds is 3. The fraction of sp³-hybridized carbons (Fsp3) is 0.350. The van der Waals surface area contributed by atoms with E-state index in [0.717, 1.165) is 0 Å². The molecule has 114 valence electrons. The summed E-state index contributed by atoms with van der Waals surface area (Å²) in [6.45, 7) is 6.09. The van der Waals surface area contributed by atoms with Crippen molar-refractivity contribution in [1.29, 1.82) is 0 Å². The van der Waals surface area contributed by atoms with E-state index in [1.54, 1.807) is 0 Å². The lowest BCUT2D eigenvalue weighted by atomic mass is 10.0. The third-order valence-electron chi connectivity index (χ3n) is 4.19. The van der Waals surface area contributed by atoms with E-state index in [9.17, 15) is 4.79 Å². The SMILES string of the molecule is CC(C)(C)NC(=O)C1C(c2ccccc2)C1c1ccccc1. The molecule has 2 nitrogen and oxygen atoms in total. The van der Waals surface area contributed by atoms with Crippen LogP contribution >= 0.6 is 0 Å². The second-order valence-corrected chi connectivity index (χ2v) is 7.14. The number of hydrogen-bond acceptors (Lipinski definition) is 1. The van der Waals surface area contributed by atoms with Crippen LogP contribution in [-0.4, -0.2) is 11.4 Å². The van der Waals surface area contributed by atoms with Gasteiger partial charge in [0.25, 0.3) is 0 Å². The van der Waals surface area contributed by atoms with Gasteiger partial charge in [-0.1, -0.05) is 60.7 Å². The van der Waals surface area contributed by atoms with Crippen LogP contribution in [0.25, 0.3) is 0 Å². The fourth-order valence-electron chi connectivity index (χ4n) is 3.27. The molecule has 0 spiro atoms. The summed E-state index contributed by atoms with van der Waals surface area (Å²) >= 11 is 0. The van der Waals surface area contributed by atoms with Crippen molar-refractivity contribution >= 4 is 5.91 Å². The van der Waals surface area contributed by atoms with E-state index in [4.69, 9.17) is 0 Å². The molecule has 0 aliphatic heterocycles. The molecule has 0 aromatic heterocycles. The summed E-state index contributed by atoms with van der Waals surface area (Å²) in [7, 11) is 0. The average Bonchev–Trinajstić information content (AvgIpc) is 3.23. The molecular formula is C20H23NO. The van der Waals surface area contributed by atoms with Crippen molar-refractivity contribution in [3.05, 3.63) is 71.8 Å². The van der Waals surface area contributed by atoms with E-state index in [1.165, 1.54) is 11.1 Å². The number of benzene rings is 2. The molecule has 3 rings (SSSR count). The lowest BCUT2D eigenvalue weighted by Crippen LogP contribution is -2.41. The van der Waals surface area contributed by atoms with Gasteiger partial charge < -0.3 is 5.32 Å². The van der Waals surface area contributed by atoms with E-state index in [2.05, 4.69) is 53.8 Å². The maximum Gasteiger partial charge on any atom is 0.224 e. The van der Waals surface area contributed by atoms with Gasteiger partial charge in [-0.05, 0) is 31.9 Å². The standard InChI is InChI=1S/C20H23NO/c1-20(2,3)21-19(22)18-16(14-10-6-4-7-11-14)17(18)15-12-8-5-9-13-15/h4-13,16-18H,1-3H3,(H,21,22). The van der Waals surface area contributed by atoms with E-state index in [0.29, 0.717) is 0 Å². The van der Waals surface area contributed by atoms with Crippen LogP contribution in [0.4, 0.5) is 0 Å². The average molecular weight is 293 g/mol. The number of nitrogens with one attached hydrogen (secondary N) is 1. The Labute approximate surface area is 132 Å². The normalized spacial score (nSPS) is 23.9. The van der Waals surface area contributed by atoms with Crippen LogP contribution < -0.4 is 5.32 Å². The zero-order valence-electron chi connectivity index (χ0n) is 13.4. The number of amides is 1. The zero-order valence-corrected chi connectivity index (χ0v) is 13.4. The van der Waals surface area contributed by atoms with Gasteiger partial charge in [0, 0.05) is 17.4 Å². The summed E-state index contributed by atoms with van der Waals surface area (Å²) in [5.74, 6) is 0.760. The molecule has 1 saturated carbocycles. The zero-order chi connectivity index (χ0) is 15.7. The first-order valence-electron chi connectivity index (χ1n) is 7.89.